The average molecular weight is 239 g/mol. The Balaban J connectivity index is 1.62. The van der Waals surface area contributed by atoms with Crippen molar-refractivity contribution < 1.29 is 9.90 Å². The van der Waals surface area contributed by atoms with Crippen molar-refractivity contribution >= 4 is 5.91 Å². The van der Waals surface area contributed by atoms with E-state index in [0.29, 0.717) is 13.0 Å². The number of hydrogen-bond acceptors (Lipinski definition) is 2. The number of nitrogens with zero attached hydrogens (tertiary/aromatic N) is 1. The number of piperidine rings is 1. The Morgan fingerprint density at radius 3 is 2.65 bits per heavy atom. The first-order valence-corrected chi connectivity index (χ1v) is 7.21. The number of likely N-dealkylation sites (tertiary alicyclic amines) is 1. The Morgan fingerprint density at radius 1 is 1.18 bits per heavy atom. The molecule has 3 heteroatoms. The third-order valence-electron chi connectivity index (χ3n) is 4.23. The molecular weight excluding hydrogens is 214 g/mol. The molecule has 98 valence electrons. The molecule has 0 aromatic rings. The van der Waals surface area contributed by atoms with Gasteiger partial charge in [0.1, 0.15) is 0 Å². The van der Waals surface area contributed by atoms with Gasteiger partial charge in [0.25, 0.3) is 0 Å². The van der Waals surface area contributed by atoms with Crippen molar-refractivity contribution in [3.8, 4) is 0 Å². The molecule has 2 fully saturated rings. The van der Waals surface area contributed by atoms with Crippen LogP contribution in [0.15, 0.2) is 0 Å². The van der Waals surface area contributed by atoms with Gasteiger partial charge in [-0.3, -0.25) is 4.79 Å². The van der Waals surface area contributed by atoms with E-state index in [1.165, 1.54) is 32.1 Å². The molecule has 0 aromatic carbocycles. The maximum absolute atomic E-state index is 11.9. The highest BCUT2D eigenvalue weighted by molar-refractivity contribution is 5.76. The van der Waals surface area contributed by atoms with Crippen LogP contribution in [0.25, 0.3) is 0 Å². The fourth-order valence-electron chi connectivity index (χ4n) is 3.18. The Bertz CT molecular complexity index is 249. The van der Waals surface area contributed by atoms with Crippen molar-refractivity contribution in [3.05, 3.63) is 0 Å². The van der Waals surface area contributed by atoms with Crippen LogP contribution in [0.5, 0.6) is 0 Å². The van der Waals surface area contributed by atoms with Crippen LogP contribution in [0.4, 0.5) is 0 Å². The van der Waals surface area contributed by atoms with Gasteiger partial charge in [-0.1, -0.05) is 25.7 Å². The molecule has 0 spiro atoms. The first-order chi connectivity index (χ1) is 8.25. The predicted octanol–water partition coefficient (Wildman–Crippen LogP) is 2.33. The topological polar surface area (TPSA) is 40.5 Å². The predicted molar refractivity (Wildman–Crippen MR) is 67.6 cm³/mol. The molecule has 1 heterocycles. The number of carbonyl (C=O) groups is 1. The minimum Gasteiger partial charge on any atom is -0.391 e. The number of aliphatic hydroxyl groups excluding tert-OH is 1. The molecule has 0 bridgehead atoms. The molecular formula is C14H25NO2. The van der Waals surface area contributed by atoms with E-state index in [9.17, 15) is 9.90 Å². The van der Waals surface area contributed by atoms with E-state index in [1.54, 1.807) is 0 Å². The summed E-state index contributed by atoms with van der Waals surface area (Å²) in [4.78, 5) is 13.8. The lowest BCUT2D eigenvalue weighted by molar-refractivity contribution is -0.134. The van der Waals surface area contributed by atoms with Gasteiger partial charge >= 0.3 is 0 Å². The van der Waals surface area contributed by atoms with Crippen LogP contribution in [-0.4, -0.2) is 35.1 Å². The second-order valence-corrected chi connectivity index (χ2v) is 5.68. The van der Waals surface area contributed by atoms with Crippen LogP contribution in [-0.2, 0) is 4.79 Å². The molecule has 1 aliphatic heterocycles. The van der Waals surface area contributed by atoms with E-state index in [-0.39, 0.29) is 12.0 Å². The first kappa shape index (κ1) is 12.9. The normalized spacial score (nSPS) is 26.4. The quantitative estimate of drug-likeness (QED) is 0.818. The number of aliphatic hydroxyl groups is 1. The van der Waals surface area contributed by atoms with Crippen LogP contribution >= 0.6 is 0 Å². The summed E-state index contributed by atoms with van der Waals surface area (Å²) in [6.45, 7) is 1.40. The average Bonchev–Trinajstić information content (AvgIpc) is 2.82. The summed E-state index contributed by atoms with van der Waals surface area (Å²) >= 11 is 0. The molecule has 17 heavy (non-hydrogen) atoms. The highest BCUT2D eigenvalue weighted by Gasteiger charge is 2.22. The van der Waals surface area contributed by atoms with Crippen LogP contribution in [0, 0.1) is 5.92 Å². The van der Waals surface area contributed by atoms with E-state index in [0.717, 1.165) is 31.7 Å². The van der Waals surface area contributed by atoms with E-state index in [2.05, 4.69) is 0 Å². The minimum atomic E-state index is -0.289. The van der Waals surface area contributed by atoms with Gasteiger partial charge in [0.2, 0.25) is 5.91 Å². The van der Waals surface area contributed by atoms with Gasteiger partial charge in [-0.25, -0.2) is 0 Å². The van der Waals surface area contributed by atoms with E-state index >= 15 is 0 Å². The maximum Gasteiger partial charge on any atom is 0.222 e. The molecule has 1 atom stereocenters. The molecule has 1 amide bonds. The highest BCUT2D eigenvalue weighted by atomic mass is 16.3. The molecule has 1 N–H and O–H groups in total. The lowest BCUT2D eigenvalue weighted by Crippen LogP contribution is -2.42. The van der Waals surface area contributed by atoms with E-state index in [1.807, 2.05) is 4.90 Å². The van der Waals surface area contributed by atoms with Crippen LogP contribution in [0.1, 0.15) is 57.8 Å². The number of amides is 1. The smallest absolute Gasteiger partial charge is 0.222 e. The minimum absolute atomic E-state index is 0.252. The molecule has 3 nitrogen and oxygen atoms in total. The summed E-state index contributed by atoms with van der Waals surface area (Å²) in [7, 11) is 0. The van der Waals surface area contributed by atoms with Crippen molar-refractivity contribution in [2.75, 3.05) is 13.1 Å². The lowest BCUT2D eigenvalue weighted by atomic mass is 10.00. The monoisotopic (exact) mass is 239 g/mol. The van der Waals surface area contributed by atoms with Gasteiger partial charge in [0, 0.05) is 19.5 Å². The third-order valence-corrected chi connectivity index (χ3v) is 4.23. The van der Waals surface area contributed by atoms with Crippen molar-refractivity contribution in [1.82, 2.24) is 4.90 Å². The Hall–Kier alpha value is -0.570. The number of β-amino-alcohol motifs (C(OH)–C–C–N with tert-alkyl or cyclic N) is 1. The Labute approximate surface area is 104 Å². The standard InChI is InChI=1S/C14H25NO2/c16-13-8-4-10-15(11-13)14(17)9-3-7-12-5-1-2-6-12/h12-13,16H,1-11H2. The third kappa shape index (κ3) is 3.98. The summed E-state index contributed by atoms with van der Waals surface area (Å²) in [5.41, 5.74) is 0. The van der Waals surface area contributed by atoms with Gasteiger partial charge in [-0.15, -0.1) is 0 Å². The summed E-state index contributed by atoms with van der Waals surface area (Å²) in [6.07, 6.45) is 9.98. The second kappa shape index (κ2) is 6.39. The molecule has 0 aromatic heterocycles. The summed E-state index contributed by atoms with van der Waals surface area (Å²) in [5.74, 6) is 1.14. The fraction of sp³-hybridized carbons (Fsp3) is 0.929. The number of rotatable bonds is 4. The van der Waals surface area contributed by atoms with E-state index < -0.39 is 0 Å². The zero-order chi connectivity index (χ0) is 12.1. The molecule has 2 aliphatic rings. The fourth-order valence-corrected chi connectivity index (χ4v) is 3.18. The number of hydrogen-bond donors (Lipinski definition) is 1. The van der Waals surface area contributed by atoms with Gasteiger partial charge < -0.3 is 10.0 Å². The van der Waals surface area contributed by atoms with Crippen molar-refractivity contribution in [1.29, 1.82) is 0 Å². The first-order valence-electron chi connectivity index (χ1n) is 7.21. The van der Waals surface area contributed by atoms with Gasteiger partial charge in [-0.05, 0) is 31.6 Å². The van der Waals surface area contributed by atoms with Crippen LogP contribution in [0.2, 0.25) is 0 Å². The summed E-state index contributed by atoms with van der Waals surface area (Å²) < 4.78 is 0. The highest BCUT2D eigenvalue weighted by Crippen LogP contribution is 2.29. The lowest BCUT2D eigenvalue weighted by Gasteiger charge is -2.30. The molecule has 2 rings (SSSR count). The zero-order valence-electron chi connectivity index (χ0n) is 10.7. The van der Waals surface area contributed by atoms with Gasteiger partial charge in [0.15, 0.2) is 0 Å². The molecule has 0 radical (unpaired) electrons. The molecule has 1 unspecified atom stereocenters. The summed E-state index contributed by atoms with van der Waals surface area (Å²) in [5, 5.41) is 9.53. The SMILES string of the molecule is O=C(CCCC1CCCC1)N1CCCC(O)C1. The summed E-state index contributed by atoms with van der Waals surface area (Å²) in [6, 6.07) is 0. The maximum atomic E-state index is 11.9. The molecule has 1 saturated heterocycles. The van der Waals surface area contributed by atoms with Crippen LogP contribution in [0.3, 0.4) is 0 Å². The van der Waals surface area contributed by atoms with Gasteiger partial charge in [-0.2, -0.15) is 0 Å². The largest absolute Gasteiger partial charge is 0.391 e. The van der Waals surface area contributed by atoms with Crippen LogP contribution < -0.4 is 0 Å². The molecule has 1 saturated carbocycles. The molecule has 1 aliphatic carbocycles. The van der Waals surface area contributed by atoms with Crippen molar-refractivity contribution in [3.63, 3.8) is 0 Å². The second-order valence-electron chi connectivity index (χ2n) is 5.68. The van der Waals surface area contributed by atoms with Crippen molar-refractivity contribution in [2.24, 2.45) is 5.92 Å². The van der Waals surface area contributed by atoms with Gasteiger partial charge in [0.05, 0.1) is 6.10 Å². The Kier molecular flexibility index (Phi) is 4.84. The van der Waals surface area contributed by atoms with Crippen molar-refractivity contribution in [2.45, 2.75) is 63.9 Å². The number of carbonyl (C=O) groups excluding carboxylic acids is 1. The van der Waals surface area contributed by atoms with E-state index in [4.69, 9.17) is 0 Å². The Morgan fingerprint density at radius 2 is 1.94 bits per heavy atom. The zero-order valence-corrected chi connectivity index (χ0v) is 10.7.